The van der Waals surface area contributed by atoms with E-state index in [-0.39, 0.29) is 36.4 Å². The van der Waals surface area contributed by atoms with Crippen molar-refractivity contribution in [2.75, 3.05) is 13.1 Å². The topological polar surface area (TPSA) is 117 Å². The fourth-order valence-electron chi connectivity index (χ4n) is 5.33. The number of nitrogens with one attached hydrogen (secondary N) is 1. The van der Waals surface area contributed by atoms with Crippen LogP contribution in [0.1, 0.15) is 41.6 Å². The highest BCUT2D eigenvalue weighted by atomic mass is 32.2. The number of carbonyl (C=O) groups is 3. The first-order chi connectivity index (χ1) is 18.8. The largest absolute Gasteiger partial charge is 0.340 e. The lowest BCUT2D eigenvalue weighted by Crippen LogP contribution is -2.52. The van der Waals surface area contributed by atoms with Crippen LogP contribution in [0.4, 0.5) is 0 Å². The fraction of sp³-hybridized carbons (Fsp3) is 0.357. The van der Waals surface area contributed by atoms with Crippen LogP contribution in [-0.4, -0.2) is 71.4 Å². The zero-order valence-electron chi connectivity index (χ0n) is 21.5. The zero-order chi connectivity index (χ0) is 27.6. The minimum atomic E-state index is -3.81. The minimum absolute atomic E-state index is 0.253. The Balaban J connectivity index is 1.29. The normalized spacial score (nSPS) is 20.1. The number of benzene rings is 1. The number of likely N-dealkylation sites (tertiary alicyclic amines) is 1. The third-order valence-corrected chi connectivity index (χ3v) is 10.1. The number of nitrogens with zero attached hydrogens (tertiary/aromatic N) is 3. The molecule has 0 saturated carbocycles. The summed E-state index contributed by atoms with van der Waals surface area (Å²) in [6.07, 6.45) is 2.95. The lowest BCUT2D eigenvalue weighted by Gasteiger charge is -2.28. The SMILES string of the molecule is CCCC(NC(=O)c1ccc(-c2ccccc2)s1)C(=O)N1CCC2C1C(=O)CN2S(=O)(=O)Cc1ccccn1. The molecule has 3 unspecified atom stereocenters. The van der Waals surface area contributed by atoms with E-state index in [1.807, 2.05) is 43.3 Å². The van der Waals surface area contributed by atoms with Gasteiger partial charge in [-0.1, -0.05) is 49.7 Å². The number of carbonyl (C=O) groups excluding carboxylic acids is 3. The molecule has 1 N–H and O–H groups in total. The molecule has 2 aliphatic heterocycles. The van der Waals surface area contributed by atoms with Crippen molar-refractivity contribution in [3.63, 3.8) is 0 Å². The monoisotopic (exact) mass is 566 g/mol. The molecule has 0 radical (unpaired) electrons. The molecule has 2 aliphatic rings. The second-order valence-electron chi connectivity index (χ2n) is 9.77. The van der Waals surface area contributed by atoms with Gasteiger partial charge in [0, 0.05) is 17.6 Å². The molecule has 9 nitrogen and oxygen atoms in total. The van der Waals surface area contributed by atoms with Crippen LogP contribution in [0.3, 0.4) is 0 Å². The average molecular weight is 567 g/mol. The van der Waals surface area contributed by atoms with Gasteiger partial charge < -0.3 is 10.2 Å². The van der Waals surface area contributed by atoms with E-state index in [2.05, 4.69) is 10.3 Å². The number of fused-ring (bicyclic) bond motifs is 1. The van der Waals surface area contributed by atoms with E-state index >= 15 is 0 Å². The number of rotatable bonds is 9. The van der Waals surface area contributed by atoms with Gasteiger partial charge in [-0.3, -0.25) is 19.4 Å². The standard InChI is InChI=1S/C28H30N4O5S2/c1-2-8-21(30-27(34)25-13-12-24(38-25)19-9-4-3-5-10-19)28(35)31-16-14-22-26(31)23(33)17-32(22)39(36,37)18-20-11-6-7-15-29-20/h3-7,9-13,15,21-22,26H,2,8,14,16-18H2,1H3,(H,30,34). The van der Waals surface area contributed by atoms with Gasteiger partial charge in [0.05, 0.1) is 23.2 Å². The first-order valence-electron chi connectivity index (χ1n) is 13.0. The Hall–Kier alpha value is -3.41. The predicted molar refractivity (Wildman–Crippen MR) is 148 cm³/mol. The molecule has 0 spiro atoms. The van der Waals surface area contributed by atoms with Crippen LogP contribution in [0.5, 0.6) is 0 Å². The van der Waals surface area contributed by atoms with E-state index in [1.54, 1.807) is 24.3 Å². The highest BCUT2D eigenvalue weighted by molar-refractivity contribution is 7.88. The second kappa shape index (κ2) is 11.4. The van der Waals surface area contributed by atoms with Gasteiger partial charge in [-0.15, -0.1) is 11.3 Å². The van der Waals surface area contributed by atoms with Crippen LogP contribution in [0, 0.1) is 0 Å². The molecule has 3 atom stereocenters. The molecule has 2 amide bonds. The molecule has 204 valence electrons. The number of sulfonamides is 1. The summed E-state index contributed by atoms with van der Waals surface area (Å²) in [5.41, 5.74) is 1.40. The van der Waals surface area contributed by atoms with E-state index in [0.29, 0.717) is 29.8 Å². The Morgan fingerprint density at radius 3 is 2.59 bits per heavy atom. The molecule has 11 heteroatoms. The van der Waals surface area contributed by atoms with Gasteiger partial charge in [0.25, 0.3) is 5.91 Å². The van der Waals surface area contributed by atoms with Crippen LogP contribution in [0.25, 0.3) is 10.4 Å². The van der Waals surface area contributed by atoms with Gasteiger partial charge in [0.15, 0.2) is 5.78 Å². The third kappa shape index (κ3) is 5.66. The van der Waals surface area contributed by atoms with Crippen LogP contribution >= 0.6 is 11.3 Å². The maximum Gasteiger partial charge on any atom is 0.262 e. The van der Waals surface area contributed by atoms with Gasteiger partial charge in [-0.05, 0) is 42.7 Å². The number of Topliss-reactive ketones (excluding diaryl/α,β-unsaturated/α-hetero) is 1. The van der Waals surface area contributed by atoms with E-state index in [4.69, 9.17) is 0 Å². The summed E-state index contributed by atoms with van der Waals surface area (Å²) < 4.78 is 27.6. The molecule has 2 aromatic heterocycles. The van der Waals surface area contributed by atoms with Crippen molar-refractivity contribution in [2.45, 2.75) is 50.1 Å². The van der Waals surface area contributed by atoms with Crippen molar-refractivity contribution in [3.05, 3.63) is 77.4 Å². The summed E-state index contributed by atoms with van der Waals surface area (Å²) >= 11 is 1.35. The summed E-state index contributed by atoms with van der Waals surface area (Å²) in [6, 6.07) is 16.1. The molecule has 2 saturated heterocycles. The molecule has 0 aliphatic carbocycles. The molecule has 39 heavy (non-hydrogen) atoms. The lowest BCUT2D eigenvalue weighted by molar-refractivity contribution is -0.138. The second-order valence-corrected chi connectivity index (χ2v) is 12.8. The number of aromatic nitrogens is 1. The number of amides is 2. The van der Waals surface area contributed by atoms with Crippen molar-refractivity contribution in [1.29, 1.82) is 0 Å². The quantitative estimate of drug-likeness (QED) is 0.426. The van der Waals surface area contributed by atoms with Crippen molar-refractivity contribution < 1.29 is 22.8 Å². The van der Waals surface area contributed by atoms with Gasteiger partial charge in [-0.25, -0.2) is 8.42 Å². The Kier molecular flexibility index (Phi) is 7.92. The number of hydrogen-bond donors (Lipinski definition) is 1. The minimum Gasteiger partial charge on any atom is -0.340 e. The number of pyridine rings is 1. The molecule has 0 bridgehead atoms. The number of thiophene rings is 1. The number of hydrogen-bond acceptors (Lipinski definition) is 7. The highest BCUT2D eigenvalue weighted by Gasteiger charge is 2.54. The summed E-state index contributed by atoms with van der Waals surface area (Å²) in [4.78, 5) is 46.8. The van der Waals surface area contributed by atoms with Crippen molar-refractivity contribution >= 4 is 39.0 Å². The highest BCUT2D eigenvalue weighted by Crippen LogP contribution is 2.33. The molecule has 1 aromatic carbocycles. The Bertz CT molecular complexity index is 1460. The first-order valence-corrected chi connectivity index (χ1v) is 15.4. The molecular weight excluding hydrogens is 536 g/mol. The molecular formula is C28H30N4O5S2. The molecule has 2 fully saturated rings. The fourth-order valence-corrected chi connectivity index (χ4v) is 7.91. The Morgan fingerprint density at radius 2 is 1.87 bits per heavy atom. The first kappa shape index (κ1) is 27.2. The smallest absolute Gasteiger partial charge is 0.262 e. The third-order valence-electron chi connectivity index (χ3n) is 7.14. The van der Waals surface area contributed by atoms with Crippen LogP contribution in [-0.2, 0) is 25.4 Å². The van der Waals surface area contributed by atoms with Gasteiger partial charge in [0.1, 0.15) is 17.8 Å². The van der Waals surface area contributed by atoms with E-state index in [0.717, 1.165) is 10.4 Å². The molecule has 3 aromatic rings. The van der Waals surface area contributed by atoms with Crippen molar-refractivity contribution in [3.8, 4) is 10.4 Å². The van der Waals surface area contributed by atoms with Crippen LogP contribution in [0.15, 0.2) is 66.9 Å². The van der Waals surface area contributed by atoms with E-state index < -0.39 is 28.1 Å². The van der Waals surface area contributed by atoms with E-state index in [9.17, 15) is 22.8 Å². The van der Waals surface area contributed by atoms with Crippen LogP contribution < -0.4 is 5.32 Å². The van der Waals surface area contributed by atoms with Crippen LogP contribution in [0.2, 0.25) is 0 Å². The summed E-state index contributed by atoms with van der Waals surface area (Å²) in [5.74, 6) is -1.31. The van der Waals surface area contributed by atoms with Gasteiger partial charge in [0.2, 0.25) is 15.9 Å². The summed E-state index contributed by atoms with van der Waals surface area (Å²) in [7, 11) is -3.81. The predicted octanol–water partition coefficient (Wildman–Crippen LogP) is 3.09. The van der Waals surface area contributed by atoms with E-state index in [1.165, 1.54) is 26.7 Å². The summed E-state index contributed by atoms with van der Waals surface area (Å²) in [6.45, 7) is 1.91. The lowest BCUT2D eigenvalue weighted by atomic mass is 10.1. The maximum absolute atomic E-state index is 13.6. The average Bonchev–Trinajstić information content (AvgIpc) is 3.66. The Morgan fingerprint density at radius 1 is 1.10 bits per heavy atom. The van der Waals surface area contributed by atoms with Crippen molar-refractivity contribution in [1.82, 2.24) is 19.5 Å². The maximum atomic E-state index is 13.6. The van der Waals surface area contributed by atoms with Crippen molar-refractivity contribution in [2.24, 2.45) is 0 Å². The van der Waals surface area contributed by atoms with Gasteiger partial charge in [-0.2, -0.15) is 4.31 Å². The molecule has 4 heterocycles. The zero-order valence-corrected chi connectivity index (χ0v) is 23.2. The van der Waals surface area contributed by atoms with Gasteiger partial charge >= 0.3 is 0 Å². The Labute approximate surface area is 231 Å². The number of ketones is 1. The molecule has 5 rings (SSSR count). The summed E-state index contributed by atoms with van der Waals surface area (Å²) in [5, 5.41) is 2.87.